The number of nitrogens with one attached hydrogen (secondary N) is 1. The van der Waals surface area contributed by atoms with Gasteiger partial charge >= 0.3 is 0 Å². The summed E-state index contributed by atoms with van der Waals surface area (Å²) in [7, 11) is -2.16. The molecule has 2 N–H and O–H groups in total. The van der Waals surface area contributed by atoms with Crippen LogP contribution in [-0.2, 0) is 10.2 Å². The number of halogens is 2. The van der Waals surface area contributed by atoms with E-state index in [4.69, 9.17) is 23.2 Å². The second kappa shape index (κ2) is 7.06. The lowest BCUT2D eigenvalue weighted by molar-refractivity contribution is 0.181. The third kappa shape index (κ3) is 4.87. The van der Waals surface area contributed by atoms with Crippen molar-refractivity contribution in [3.05, 3.63) is 33.8 Å². The number of hydrogen-bond donors (Lipinski definition) is 2. The van der Waals surface area contributed by atoms with E-state index in [9.17, 15) is 13.5 Å². The Labute approximate surface area is 129 Å². The quantitative estimate of drug-likeness (QED) is 0.833. The molecule has 20 heavy (non-hydrogen) atoms. The maximum Gasteiger partial charge on any atom is 0.279 e. The van der Waals surface area contributed by atoms with Crippen LogP contribution in [0.15, 0.2) is 18.2 Å². The Hall–Kier alpha value is -0.370. The van der Waals surface area contributed by atoms with Gasteiger partial charge in [0, 0.05) is 29.7 Å². The molecule has 5 nitrogen and oxygen atoms in total. The summed E-state index contributed by atoms with van der Waals surface area (Å²) in [5.74, 6) is 0. The standard InChI is InChI=1S/C12H18Cl2N2O3S/c1-8(2)16(3)20(18,19)15-7-12(17)9-4-10(13)6-11(14)5-9/h4-6,8,12,15,17H,7H2,1-3H3. The van der Waals surface area contributed by atoms with E-state index >= 15 is 0 Å². The zero-order valence-electron chi connectivity index (χ0n) is 11.5. The van der Waals surface area contributed by atoms with Crippen molar-refractivity contribution in [1.82, 2.24) is 9.03 Å². The Morgan fingerprint density at radius 2 is 1.75 bits per heavy atom. The molecular weight excluding hydrogens is 323 g/mol. The van der Waals surface area contributed by atoms with Crippen LogP contribution in [0.5, 0.6) is 0 Å². The van der Waals surface area contributed by atoms with Gasteiger partial charge in [-0.25, -0.2) is 0 Å². The summed E-state index contributed by atoms with van der Waals surface area (Å²) in [5.41, 5.74) is 0.456. The van der Waals surface area contributed by atoms with Gasteiger partial charge in [-0.15, -0.1) is 0 Å². The summed E-state index contributed by atoms with van der Waals surface area (Å²) in [4.78, 5) is 0. The third-order valence-corrected chi connectivity index (χ3v) is 4.98. The molecule has 1 aromatic carbocycles. The number of benzene rings is 1. The summed E-state index contributed by atoms with van der Waals surface area (Å²) >= 11 is 11.7. The van der Waals surface area contributed by atoms with E-state index in [0.717, 1.165) is 0 Å². The van der Waals surface area contributed by atoms with Gasteiger partial charge in [-0.05, 0) is 37.6 Å². The lowest BCUT2D eigenvalue weighted by Gasteiger charge is -2.22. The van der Waals surface area contributed by atoms with E-state index in [1.54, 1.807) is 26.0 Å². The molecule has 0 bridgehead atoms. The van der Waals surface area contributed by atoms with E-state index in [1.165, 1.54) is 17.4 Å². The molecule has 1 atom stereocenters. The SMILES string of the molecule is CC(C)N(C)S(=O)(=O)NCC(O)c1cc(Cl)cc(Cl)c1. The lowest BCUT2D eigenvalue weighted by atomic mass is 10.1. The molecule has 114 valence electrons. The van der Waals surface area contributed by atoms with Crippen LogP contribution >= 0.6 is 23.2 Å². The van der Waals surface area contributed by atoms with Crippen molar-refractivity contribution in [2.45, 2.75) is 26.0 Å². The largest absolute Gasteiger partial charge is 0.387 e. The minimum atomic E-state index is -3.63. The fraction of sp³-hybridized carbons (Fsp3) is 0.500. The molecule has 0 heterocycles. The first-order chi connectivity index (χ1) is 9.13. The summed E-state index contributed by atoms with van der Waals surface area (Å²) < 4.78 is 27.3. The highest BCUT2D eigenvalue weighted by molar-refractivity contribution is 7.87. The van der Waals surface area contributed by atoms with E-state index in [0.29, 0.717) is 15.6 Å². The van der Waals surface area contributed by atoms with Crippen LogP contribution in [0.4, 0.5) is 0 Å². The number of hydrogen-bond acceptors (Lipinski definition) is 3. The minimum absolute atomic E-state index is 0.157. The van der Waals surface area contributed by atoms with Crippen molar-refractivity contribution >= 4 is 33.4 Å². The maximum absolute atomic E-state index is 11.9. The van der Waals surface area contributed by atoms with Gasteiger partial charge in [0.25, 0.3) is 10.2 Å². The molecule has 0 aliphatic heterocycles. The summed E-state index contributed by atoms with van der Waals surface area (Å²) in [5, 5.41) is 10.8. The van der Waals surface area contributed by atoms with Crippen molar-refractivity contribution < 1.29 is 13.5 Å². The van der Waals surface area contributed by atoms with Gasteiger partial charge in [-0.3, -0.25) is 0 Å². The summed E-state index contributed by atoms with van der Waals surface area (Å²) in [6.07, 6.45) is -1.03. The first-order valence-electron chi connectivity index (χ1n) is 6.00. The van der Waals surface area contributed by atoms with E-state index in [-0.39, 0.29) is 12.6 Å². The van der Waals surface area contributed by atoms with Crippen molar-refractivity contribution in [2.24, 2.45) is 0 Å². The predicted octanol–water partition coefficient (Wildman–Crippen LogP) is 2.20. The van der Waals surface area contributed by atoms with Crippen molar-refractivity contribution in [2.75, 3.05) is 13.6 Å². The second-order valence-corrected chi connectivity index (χ2v) is 7.37. The molecule has 0 aliphatic rings. The highest BCUT2D eigenvalue weighted by Gasteiger charge is 2.21. The molecule has 0 fully saturated rings. The molecule has 0 saturated heterocycles. The predicted molar refractivity (Wildman–Crippen MR) is 81.2 cm³/mol. The molecule has 0 saturated carbocycles. The maximum atomic E-state index is 11.9. The van der Waals surface area contributed by atoms with Gasteiger partial charge in [-0.2, -0.15) is 17.4 Å². The molecule has 8 heteroatoms. The van der Waals surface area contributed by atoms with Crippen LogP contribution in [0.2, 0.25) is 10.0 Å². The number of aliphatic hydroxyl groups excluding tert-OH is 1. The van der Waals surface area contributed by atoms with Crippen molar-refractivity contribution in [3.63, 3.8) is 0 Å². The van der Waals surface area contributed by atoms with Gasteiger partial charge in [-0.1, -0.05) is 23.2 Å². The number of rotatable bonds is 6. The van der Waals surface area contributed by atoms with Crippen molar-refractivity contribution in [1.29, 1.82) is 0 Å². The zero-order chi connectivity index (χ0) is 15.5. The van der Waals surface area contributed by atoms with Gasteiger partial charge in [0.15, 0.2) is 0 Å². The number of aliphatic hydroxyl groups is 1. The Kier molecular flexibility index (Phi) is 6.25. The smallest absolute Gasteiger partial charge is 0.279 e. The molecule has 0 radical (unpaired) electrons. The Bertz CT molecular complexity index is 544. The summed E-state index contributed by atoms with van der Waals surface area (Å²) in [6, 6.07) is 4.44. The molecule has 0 spiro atoms. The molecular formula is C12H18Cl2N2O3S. The fourth-order valence-corrected chi connectivity index (χ4v) is 3.12. The minimum Gasteiger partial charge on any atom is -0.387 e. The van der Waals surface area contributed by atoms with E-state index in [2.05, 4.69) is 4.72 Å². The zero-order valence-corrected chi connectivity index (χ0v) is 13.8. The molecule has 0 aliphatic carbocycles. The van der Waals surface area contributed by atoms with Crippen LogP contribution in [-0.4, -0.2) is 37.5 Å². The van der Waals surface area contributed by atoms with Crippen LogP contribution in [0.25, 0.3) is 0 Å². The van der Waals surface area contributed by atoms with Gasteiger partial charge < -0.3 is 5.11 Å². The van der Waals surface area contributed by atoms with E-state index in [1.807, 2.05) is 0 Å². The van der Waals surface area contributed by atoms with Crippen LogP contribution < -0.4 is 4.72 Å². The Balaban J connectivity index is 2.74. The second-order valence-electron chi connectivity index (χ2n) is 4.68. The molecule has 1 rings (SSSR count). The van der Waals surface area contributed by atoms with Crippen LogP contribution in [0, 0.1) is 0 Å². The molecule has 1 unspecified atom stereocenters. The van der Waals surface area contributed by atoms with Crippen molar-refractivity contribution in [3.8, 4) is 0 Å². The van der Waals surface area contributed by atoms with Gasteiger partial charge in [0.1, 0.15) is 0 Å². The Morgan fingerprint density at radius 3 is 2.20 bits per heavy atom. The molecule has 1 aromatic rings. The highest BCUT2D eigenvalue weighted by Crippen LogP contribution is 2.23. The average molecular weight is 341 g/mol. The molecule has 0 aromatic heterocycles. The first-order valence-corrected chi connectivity index (χ1v) is 8.19. The lowest BCUT2D eigenvalue weighted by Crippen LogP contribution is -2.43. The average Bonchev–Trinajstić information content (AvgIpc) is 2.33. The van der Waals surface area contributed by atoms with Gasteiger partial charge in [0.2, 0.25) is 0 Å². The molecule has 0 amide bonds. The normalized spacial score (nSPS) is 14.0. The fourth-order valence-electron chi connectivity index (χ4n) is 1.45. The van der Waals surface area contributed by atoms with E-state index < -0.39 is 16.3 Å². The highest BCUT2D eigenvalue weighted by atomic mass is 35.5. The van der Waals surface area contributed by atoms with Crippen LogP contribution in [0.1, 0.15) is 25.5 Å². The summed E-state index contributed by atoms with van der Waals surface area (Å²) in [6.45, 7) is 3.36. The van der Waals surface area contributed by atoms with Crippen LogP contribution in [0.3, 0.4) is 0 Å². The number of nitrogens with zero attached hydrogens (tertiary/aromatic N) is 1. The monoisotopic (exact) mass is 340 g/mol. The third-order valence-electron chi connectivity index (χ3n) is 2.84. The topological polar surface area (TPSA) is 69.6 Å². The van der Waals surface area contributed by atoms with Gasteiger partial charge in [0.05, 0.1) is 6.10 Å². The Morgan fingerprint density at radius 1 is 1.25 bits per heavy atom. The first kappa shape index (κ1) is 17.7.